The van der Waals surface area contributed by atoms with Crippen LogP contribution in [0.25, 0.3) is 0 Å². The zero-order valence-electron chi connectivity index (χ0n) is 13.4. The molecule has 1 atom stereocenters. The fourth-order valence-electron chi connectivity index (χ4n) is 1.92. The second kappa shape index (κ2) is 7.54. The first-order chi connectivity index (χ1) is 11.2. The number of nitrogens with zero attached hydrogens (tertiary/aromatic N) is 3. The fourth-order valence-corrected chi connectivity index (χ4v) is 2.28. The van der Waals surface area contributed by atoms with Crippen LogP contribution in [-0.2, 0) is 6.18 Å². The van der Waals surface area contributed by atoms with Gasteiger partial charge < -0.3 is 9.64 Å². The maximum atomic E-state index is 13.3. The third-order valence-corrected chi connectivity index (χ3v) is 4.18. The van der Waals surface area contributed by atoms with Gasteiger partial charge in [-0.1, -0.05) is 6.92 Å². The van der Waals surface area contributed by atoms with Gasteiger partial charge >= 0.3 is 12.2 Å². The molecule has 0 saturated carbocycles. The number of hydrogen-bond donors (Lipinski definition) is 0. The highest BCUT2D eigenvalue weighted by Gasteiger charge is 2.36. The second-order valence-corrected chi connectivity index (χ2v) is 6.51. The third kappa shape index (κ3) is 4.49. The molecule has 0 N–H and O–H groups in total. The first-order valence-electron chi connectivity index (χ1n) is 7.32. The first kappa shape index (κ1) is 18.8. The van der Waals surface area contributed by atoms with Gasteiger partial charge in [-0.05, 0) is 60.2 Å². The van der Waals surface area contributed by atoms with Crippen LogP contribution >= 0.6 is 22.6 Å². The second-order valence-electron chi connectivity index (χ2n) is 5.26. The molecule has 0 aliphatic heterocycles. The Balaban J connectivity index is 2.46. The molecule has 0 saturated heterocycles. The van der Waals surface area contributed by atoms with Gasteiger partial charge in [0, 0.05) is 22.5 Å². The molecular formula is C16H17F3IN3O. The molecule has 0 amide bonds. The van der Waals surface area contributed by atoms with Gasteiger partial charge in [0.15, 0.2) is 5.82 Å². The lowest BCUT2D eigenvalue weighted by molar-refractivity contribution is -0.137. The molecule has 1 unspecified atom stereocenters. The van der Waals surface area contributed by atoms with Crippen LogP contribution in [0, 0.1) is 3.57 Å². The van der Waals surface area contributed by atoms with Crippen molar-refractivity contribution in [1.82, 2.24) is 9.97 Å². The number of halogens is 4. The van der Waals surface area contributed by atoms with Crippen LogP contribution in [0.1, 0.15) is 25.8 Å². The average molecular weight is 451 g/mol. The minimum absolute atomic E-state index is 0.0651. The first-order valence-corrected chi connectivity index (χ1v) is 8.40. The highest BCUT2D eigenvalue weighted by molar-refractivity contribution is 14.1. The van der Waals surface area contributed by atoms with Gasteiger partial charge in [-0.2, -0.15) is 18.2 Å². The zero-order chi connectivity index (χ0) is 17.9. The van der Waals surface area contributed by atoms with E-state index < -0.39 is 11.7 Å². The predicted molar refractivity (Wildman–Crippen MR) is 94.6 cm³/mol. The van der Waals surface area contributed by atoms with E-state index in [0.717, 1.165) is 9.77 Å². The van der Waals surface area contributed by atoms with Crippen LogP contribution in [0.2, 0.25) is 0 Å². The van der Waals surface area contributed by atoms with Crippen molar-refractivity contribution >= 4 is 34.1 Å². The summed E-state index contributed by atoms with van der Waals surface area (Å²) in [5, 5.41) is 0. The quantitative estimate of drug-likeness (QED) is 0.597. The lowest BCUT2D eigenvalue weighted by atomic mass is 10.2. The van der Waals surface area contributed by atoms with E-state index in [-0.39, 0.29) is 17.9 Å². The predicted octanol–water partition coefficient (Wildman–Crippen LogP) is 5.05. The molecule has 24 heavy (non-hydrogen) atoms. The zero-order valence-corrected chi connectivity index (χ0v) is 15.6. The smallest absolute Gasteiger partial charge is 0.421 e. The Morgan fingerprint density at radius 3 is 2.42 bits per heavy atom. The van der Waals surface area contributed by atoms with Gasteiger partial charge in [0.1, 0.15) is 5.56 Å². The Kier molecular flexibility index (Phi) is 5.89. The summed E-state index contributed by atoms with van der Waals surface area (Å²) in [5.74, 6) is -0.239. The van der Waals surface area contributed by atoms with Crippen LogP contribution < -0.4 is 9.64 Å². The molecule has 0 aliphatic rings. The van der Waals surface area contributed by atoms with Gasteiger partial charge in [0.05, 0.1) is 6.10 Å². The van der Waals surface area contributed by atoms with Crippen molar-refractivity contribution in [2.24, 2.45) is 0 Å². The van der Waals surface area contributed by atoms with E-state index in [1.165, 1.54) is 11.9 Å². The summed E-state index contributed by atoms with van der Waals surface area (Å²) in [6, 6.07) is 7.04. The molecule has 1 aromatic carbocycles. The van der Waals surface area contributed by atoms with E-state index in [2.05, 4.69) is 32.6 Å². The summed E-state index contributed by atoms with van der Waals surface area (Å²) < 4.78 is 46.4. The minimum atomic E-state index is -4.55. The lowest BCUT2D eigenvalue weighted by Crippen LogP contribution is -2.20. The van der Waals surface area contributed by atoms with Crippen molar-refractivity contribution in [1.29, 1.82) is 0 Å². The van der Waals surface area contributed by atoms with E-state index >= 15 is 0 Å². The highest BCUT2D eigenvalue weighted by atomic mass is 127. The van der Waals surface area contributed by atoms with E-state index in [1.54, 1.807) is 12.1 Å². The van der Waals surface area contributed by atoms with Crippen molar-refractivity contribution in [3.8, 4) is 6.01 Å². The van der Waals surface area contributed by atoms with Crippen molar-refractivity contribution in [3.05, 3.63) is 39.6 Å². The summed E-state index contributed by atoms with van der Waals surface area (Å²) in [5.41, 5.74) is -0.311. The van der Waals surface area contributed by atoms with E-state index in [4.69, 9.17) is 4.74 Å². The Morgan fingerprint density at radius 1 is 1.25 bits per heavy atom. The summed E-state index contributed by atoms with van der Waals surface area (Å²) in [6.45, 7) is 3.72. The molecule has 8 heteroatoms. The standard InChI is InChI=1S/C16H17F3IN3O/c1-4-10(2)24-15-21-9-13(16(17,18)19)14(22-15)23(3)12-7-5-11(20)6-8-12/h5-10H,4H2,1-3H3. The number of aromatic nitrogens is 2. The van der Waals surface area contributed by atoms with Gasteiger partial charge in [-0.3, -0.25) is 0 Å². The minimum Gasteiger partial charge on any atom is -0.460 e. The Morgan fingerprint density at radius 2 is 1.88 bits per heavy atom. The number of benzene rings is 1. The van der Waals surface area contributed by atoms with Crippen molar-refractivity contribution < 1.29 is 17.9 Å². The fraction of sp³-hybridized carbons (Fsp3) is 0.375. The van der Waals surface area contributed by atoms with Gasteiger partial charge in [0.25, 0.3) is 0 Å². The van der Waals surface area contributed by atoms with Crippen molar-refractivity contribution in [3.63, 3.8) is 0 Å². The normalized spacial score (nSPS) is 12.8. The SMILES string of the molecule is CCC(C)Oc1ncc(C(F)(F)F)c(N(C)c2ccc(I)cc2)n1. The number of hydrogen-bond acceptors (Lipinski definition) is 4. The topological polar surface area (TPSA) is 38.2 Å². The van der Waals surface area contributed by atoms with Crippen LogP contribution in [-0.4, -0.2) is 23.1 Å². The van der Waals surface area contributed by atoms with Gasteiger partial charge in [-0.15, -0.1) is 0 Å². The van der Waals surface area contributed by atoms with Crippen molar-refractivity contribution in [2.45, 2.75) is 32.5 Å². The van der Waals surface area contributed by atoms with Crippen molar-refractivity contribution in [2.75, 3.05) is 11.9 Å². The number of alkyl halides is 3. The van der Waals surface area contributed by atoms with Gasteiger partial charge in [0.2, 0.25) is 0 Å². The largest absolute Gasteiger partial charge is 0.460 e. The van der Waals surface area contributed by atoms with E-state index in [9.17, 15) is 13.2 Å². The molecule has 1 heterocycles. The molecule has 1 aromatic heterocycles. The number of ether oxygens (including phenoxy) is 1. The van der Waals surface area contributed by atoms with Crippen LogP contribution in [0.4, 0.5) is 24.7 Å². The summed E-state index contributed by atoms with van der Waals surface area (Å²) in [4.78, 5) is 9.08. The molecule has 130 valence electrons. The number of anilines is 2. The summed E-state index contributed by atoms with van der Waals surface area (Å²) in [7, 11) is 1.53. The molecule has 0 aliphatic carbocycles. The maximum absolute atomic E-state index is 13.3. The summed E-state index contributed by atoms with van der Waals surface area (Å²) >= 11 is 2.13. The molecule has 0 fully saturated rings. The molecule has 4 nitrogen and oxygen atoms in total. The average Bonchev–Trinajstić information content (AvgIpc) is 2.53. The molecule has 0 spiro atoms. The maximum Gasteiger partial charge on any atom is 0.421 e. The van der Waals surface area contributed by atoms with Gasteiger partial charge in [-0.25, -0.2) is 4.98 Å². The van der Waals surface area contributed by atoms with Crippen LogP contribution in [0.15, 0.2) is 30.5 Å². The molecule has 2 rings (SSSR count). The van der Waals surface area contributed by atoms with Crippen LogP contribution in [0.5, 0.6) is 6.01 Å². The molecule has 0 bridgehead atoms. The number of rotatable bonds is 5. The monoisotopic (exact) mass is 451 g/mol. The summed E-state index contributed by atoms with van der Waals surface area (Å²) in [6.07, 6.45) is -3.27. The van der Waals surface area contributed by atoms with E-state index in [0.29, 0.717) is 12.1 Å². The van der Waals surface area contributed by atoms with Crippen LogP contribution in [0.3, 0.4) is 0 Å². The third-order valence-electron chi connectivity index (χ3n) is 3.47. The highest BCUT2D eigenvalue weighted by Crippen LogP contribution is 2.37. The molecule has 2 aromatic rings. The Labute approximate surface area is 152 Å². The lowest BCUT2D eigenvalue weighted by Gasteiger charge is -2.23. The van der Waals surface area contributed by atoms with E-state index in [1.807, 2.05) is 26.0 Å². The molecular weight excluding hydrogens is 434 g/mol. The molecule has 0 radical (unpaired) electrons. The Bertz CT molecular complexity index is 692. The Hall–Kier alpha value is -1.58.